The molecule has 0 fully saturated rings. The average molecular weight is 440 g/mol. The van der Waals surface area contributed by atoms with Crippen LogP contribution in [0.15, 0.2) is 24.3 Å². The molecule has 0 unspecified atom stereocenters. The van der Waals surface area contributed by atoms with Crippen LogP contribution < -0.4 is 0 Å². The lowest BCUT2D eigenvalue weighted by atomic mass is 10.2. The highest BCUT2D eigenvalue weighted by molar-refractivity contribution is 6.36. The molecule has 0 aliphatic carbocycles. The van der Waals surface area contributed by atoms with Gasteiger partial charge in [-0.15, -0.1) is 0 Å². The van der Waals surface area contributed by atoms with Gasteiger partial charge in [-0.3, -0.25) is 0 Å². The quantitative estimate of drug-likeness (QED) is 0.166. The van der Waals surface area contributed by atoms with Crippen molar-refractivity contribution < 1.29 is 37.8 Å². The molecule has 0 N–H and O–H groups in total. The van der Waals surface area contributed by atoms with Crippen LogP contribution in [0.25, 0.3) is 0 Å². The van der Waals surface area contributed by atoms with E-state index in [1.165, 1.54) is 7.11 Å². The van der Waals surface area contributed by atoms with Crippen LogP contribution in [0.1, 0.15) is 58.4 Å². The van der Waals surface area contributed by atoms with Crippen LogP contribution in [0.5, 0.6) is 0 Å². The summed E-state index contributed by atoms with van der Waals surface area (Å²) in [6, 6.07) is 0. The summed E-state index contributed by atoms with van der Waals surface area (Å²) in [7, 11) is 0.543. The van der Waals surface area contributed by atoms with Gasteiger partial charge in [0.1, 0.15) is 13.2 Å². The molecular weight excluding hydrogens is 391 g/mol. The molecule has 0 aromatic heterocycles. The van der Waals surface area contributed by atoms with Crippen molar-refractivity contribution >= 4 is 19.3 Å². The number of methoxy groups -OCH3 is 1. The zero-order chi connectivity index (χ0) is 18.4. The third-order valence-corrected chi connectivity index (χ3v) is 2.38. The first-order chi connectivity index (χ1) is 11.4. The average Bonchev–Trinajstić information content (AvgIpc) is 2.54. The first kappa shape index (κ1) is 46.5. The monoisotopic (exact) mass is 440 g/mol. The van der Waals surface area contributed by atoms with Crippen LogP contribution in [-0.2, 0) is 37.8 Å². The molecular formula is C21H49BO8. The minimum absolute atomic E-state index is 0. The van der Waals surface area contributed by atoms with Gasteiger partial charge < -0.3 is 28.2 Å². The second kappa shape index (κ2) is 29.5. The first-order valence-corrected chi connectivity index (χ1v) is 7.37. The van der Waals surface area contributed by atoms with Gasteiger partial charge in [0.05, 0.1) is 26.4 Å². The van der Waals surface area contributed by atoms with E-state index in [2.05, 4.69) is 13.2 Å². The summed E-state index contributed by atoms with van der Waals surface area (Å²) in [6.07, 6.45) is 0. The second-order valence-electron chi connectivity index (χ2n) is 4.73. The number of rotatable bonds is 14. The van der Waals surface area contributed by atoms with E-state index >= 15 is 0 Å². The Hall–Kier alpha value is -1.68. The van der Waals surface area contributed by atoms with Gasteiger partial charge in [-0.05, 0) is 13.8 Å². The third kappa shape index (κ3) is 26.3. The molecule has 9 heteroatoms. The molecule has 0 aromatic carbocycles. The van der Waals surface area contributed by atoms with E-state index < -0.39 is 19.3 Å². The number of ether oxygens (including phenoxy) is 3. The van der Waals surface area contributed by atoms with E-state index in [1.54, 1.807) is 13.8 Å². The zero-order valence-electron chi connectivity index (χ0n) is 14.5. The van der Waals surface area contributed by atoms with Gasteiger partial charge in [0, 0.05) is 18.3 Å². The molecule has 0 spiro atoms. The highest BCUT2D eigenvalue weighted by atomic mass is 16.7. The van der Waals surface area contributed by atoms with Crippen molar-refractivity contribution in [3.63, 3.8) is 0 Å². The second-order valence-corrected chi connectivity index (χ2v) is 4.73. The molecule has 0 aromatic rings. The number of hydrogen-bond donors (Lipinski definition) is 0. The summed E-state index contributed by atoms with van der Waals surface area (Å²) >= 11 is 0. The first-order valence-electron chi connectivity index (χ1n) is 7.37. The smallest absolute Gasteiger partial charge is 0.460 e. The van der Waals surface area contributed by atoms with Crippen LogP contribution in [0, 0.1) is 0 Å². The van der Waals surface area contributed by atoms with Crippen LogP contribution in [0.2, 0.25) is 0 Å². The maximum Gasteiger partial charge on any atom is 0.639 e. The van der Waals surface area contributed by atoms with Gasteiger partial charge in [-0.1, -0.05) is 57.7 Å². The standard InChI is InChI=1S/C15H25BO8.6CH4/c1-12(2)14(17)20-7-10-23-16(22-9-6-19-5)24-11-8-21-15(18)13(3)4;;;;;;/h1,3,6-11H2,2,4-5H3;6*1H4. The Bertz CT molecular complexity index is 393. The Labute approximate surface area is 187 Å². The molecule has 8 nitrogen and oxygen atoms in total. The molecule has 0 aliphatic rings. The Morgan fingerprint density at radius 1 is 0.633 bits per heavy atom. The molecule has 184 valence electrons. The van der Waals surface area contributed by atoms with E-state index in [1.807, 2.05) is 0 Å². The SMILES string of the molecule is C.C.C.C.C.C.C=C(C)C(=O)OCCOB(OCCOC)OCCOC(=O)C(=C)C. The summed E-state index contributed by atoms with van der Waals surface area (Å²) < 4.78 is 30.6. The molecule has 0 saturated heterocycles. The summed E-state index contributed by atoms with van der Waals surface area (Å²) in [6.45, 7) is 10.9. The molecule has 0 bridgehead atoms. The largest absolute Gasteiger partial charge is 0.639 e. The summed E-state index contributed by atoms with van der Waals surface area (Å²) in [5.74, 6) is -0.994. The van der Waals surface area contributed by atoms with Gasteiger partial charge in [-0.25, -0.2) is 9.59 Å². The fraction of sp³-hybridized carbons (Fsp3) is 0.714. The van der Waals surface area contributed by atoms with Crippen LogP contribution >= 0.6 is 0 Å². The third-order valence-electron chi connectivity index (χ3n) is 2.38. The van der Waals surface area contributed by atoms with Crippen molar-refractivity contribution in [1.82, 2.24) is 0 Å². The lowest BCUT2D eigenvalue weighted by Gasteiger charge is -2.14. The zero-order valence-corrected chi connectivity index (χ0v) is 14.5. The van der Waals surface area contributed by atoms with Crippen LogP contribution in [0.3, 0.4) is 0 Å². The predicted octanol–water partition coefficient (Wildman–Crippen LogP) is 4.72. The van der Waals surface area contributed by atoms with E-state index in [4.69, 9.17) is 28.2 Å². The number of carbonyl (C=O) groups is 2. The summed E-state index contributed by atoms with van der Waals surface area (Å²) in [5, 5.41) is 0. The highest BCUT2D eigenvalue weighted by Gasteiger charge is 2.21. The molecule has 30 heavy (non-hydrogen) atoms. The minimum Gasteiger partial charge on any atom is -0.460 e. The summed E-state index contributed by atoms with van der Waals surface area (Å²) in [5.41, 5.74) is 0.608. The fourth-order valence-corrected chi connectivity index (χ4v) is 1.18. The fourth-order valence-electron chi connectivity index (χ4n) is 1.18. The van der Waals surface area contributed by atoms with Gasteiger partial charge in [-0.2, -0.15) is 0 Å². The molecule has 0 atom stereocenters. The Balaban J connectivity index is -0.000000176. The van der Waals surface area contributed by atoms with Crippen molar-refractivity contribution in [1.29, 1.82) is 0 Å². The van der Waals surface area contributed by atoms with Gasteiger partial charge >= 0.3 is 19.3 Å². The van der Waals surface area contributed by atoms with Crippen molar-refractivity contribution in [3.05, 3.63) is 24.3 Å². The lowest BCUT2D eigenvalue weighted by molar-refractivity contribution is -0.140. The van der Waals surface area contributed by atoms with Crippen molar-refractivity contribution in [2.75, 3.05) is 46.8 Å². The van der Waals surface area contributed by atoms with E-state index in [0.717, 1.165) is 0 Å². The van der Waals surface area contributed by atoms with Gasteiger partial charge in [0.2, 0.25) is 0 Å². The van der Waals surface area contributed by atoms with E-state index in [9.17, 15) is 9.59 Å². The topological polar surface area (TPSA) is 89.5 Å². The highest BCUT2D eigenvalue weighted by Crippen LogP contribution is 1.97. The van der Waals surface area contributed by atoms with Gasteiger partial charge in [0.25, 0.3) is 0 Å². The van der Waals surface area contributed by atoms with Crippen molar-refractivity contribution in [2.45, 2.75) is 58.4 Å². The number of hydrogen-bond acceptors (Lipinski definition) is 8. The van der Waals surface area contributed by atoms with Crippen LogP contribution in [0.4, 0.5) is 0 Å². The van der Waals surface area contributed by atoms with Crippen molar-refractivity contribution in [3.8, 4) is 0 Å². The Morgan fingerprint density at radius 2 is 0.933 bits per heavy atom. The molecule has 0 amide bonds. The van der Waals surface area contributed by atoms with E-state index in [-0.39, 0.29) is 77.6 Å². The van der Waals surface area contributed by atoms with Crippen LogP contribution in [-0.4, -0.2) is 66.0 Å². The van der Waals surface area contributed by atoms with E-state index in [0.29, 0.717) is 17.8 Å². The molecule has 0 radical (unpaired) electrons. The maximum absolute atomic E-state index is 11.2. The molecule has 0 saturated carbocycles. The Morgan fingerprint density at radius 3 is 1.20 bits per heavy atom. The molecule has 0 heterocycles. The summed E-state index contributed by atoms with van der Waals surface area (Å²) in [4.78, 5) is 22.4. The normalized spacial score (nSPS) is 8.10. The number of carbonyl (C=O) groups excluding carboxylic acids is 2. The Kier molecular flexibility index (Phi) is 45.8. The maximum atomic E-state index is 11.2. The lowest BCUT2D eigenvalue weighted by Crippen LogP contribution is -2.32. The molecule has 0 aliphatic heterocycles. The predicted molar refractivity (Wildman–Crippen MR) is 127 cm³/mol. The number of esters is 2. The van der Waals surface area contributed by atoms with Gasteiger partial charge in [0.15, 0.2) is 0 Å². The minimum atomic E-state index is -0.993. The van der Waals surface area contributed by atoms with Crippen molar-refractivity contribution in [2.24, 2.45) is 0 Å². The molecule has 0 rings (SSSR count).